The van der Waals surface area contributed by atoms with E-state index in [2.05, 4.69) is 10.6 Å². The van der Waals surface area contributed by atoms with Gasteiger partial charge in [-0.05, 0) is 31.6 Å². The van der Waals surface area contributed by atoms with Crippen molar-refractivity contribution in [3.05, 3.63) is 35.4 Å². The van der Waals surface area contributed by atoms with Gasteiger partial charge in [-0.15, -0.1) is 0 Å². The van der Waals surface area contributed by atoms with E-state index in [0.29, 0.717) is 5.56 Å². The van der Waals surface area contributed by atoms with Gasteiger partial charge in [0.05, 0.1) is 5.75 Å². The number of carbonyl (C=O) groups excluding carboxylic acids is 1. The molecule has 1 aromatic rings. The Bertz CT molecular complexity index is 526. The molecule has 1 aromatic carbocycles. The zero-order valence-corrected chi connectivity index (χ0v) is 12.1. The molecule has 0 spiro atoms. The van der Waals surface area contributed by atoms with Crippen LogP contribution in [0.15, 0.2) is 24.3 Å². The summed E-state index contributed by atoms with van der Waals surface area (Å²) in [5.74, 6) is -0.271. The zero-order chi connectivity index (χ0) is 14.3. The molecule has 106 valence electrons. The highest BCUT2D eigenvalue weighted by Gasteiger charge is 2.11. The fraction of sp³-hybridized carbons (Fsp3) is 0.462. The highest BCUT2D eigenvalue weighted by Crippen LogP contribution is 2.09. The smallest absolute Gasteiger partial charge is 0.251 e. The molecule has 0 bridgehead atoms. The maximum atomic E-state index is 12.0. The van der Waals surface area contributed by atoms with Crippen molar-refractivity contribution in [3.63, 3.8) is 0 Å². The molecule has 2 N–H and O–H groups in total. The number of hydrogen-bond acceptors (Lipinski definition) is 4. The van der Waals surface area contributed by atoms with Gasteiger partial charge in [0.2, 0.25) is 0 Å². The van der Waals surface area contributed by atoms with Crippen molar-refractivity contribution < 1.29 is 13.2 Å². The number of rotatable bonds is 7. The number of hydrogen-bond donors (Lipinski definition) is 2. The van der Waals surface area contributed by atoms with Gasteiger partial charge in [-0.1, -0.05) is 18.2 Å². The summed E-state index contributed by atoms with van der Waals surface area (Å²) in [6.07, 6.45) is 1.91. The highest BCUT2D eigenvalue weighted by atomic mass is 32.2. The number of carbonyl (C=O) groups is 1. The van der Waals surface area contributed by atoms with Crippen LogP contribution < -0.4 is 10.6 Å². The Labute approximate surface area is 114 Å². The van der Waals surface area contributed by atoms with E-state index >= 15 is 0 Å². The quantitative estimate of drug-likeness (QED) is 0.751. The topological polar surface area (TPSA) is 75.3 Å². The van der Waals surface area contributed by atoms with Crippen LogP contribution in [0, 0.1) is 0 Å². The predicted molar refractivity (Wildman–Crippen MR) is 76.1 cm³/mol. The molecule has 6 heteroatoms. The minimum absolute atomic E-state index is 0.0442. The first-order valence-corrected chi connectivity index (χ1v) is 8.18. The minimum atomic E-state index is -3.05. The van der Waals surface area contributed by atoms with E-state index < -0.39 is 9.84 Å². The second-order valence-corrected chi connectivity index (χ2v) is 6.66. The first-order valence-electron chi connectivity index (χ1n) is 6.12. The summed E-state index contributed by atoms with van der Waals surface area (Å²) < 4.78 is 22.0. The number of likely N-dealkylation sites (N-methyl/N-ethyl adjacent to an activating group) is 1. The first-order chi connectivity index (χ1) is 8.94. The van der Waals surface area contributed by atoms with Gasteiger partial charge in [0, 0.05) is 18.4 Å². The molecule has 0 saturated heterocycles. The van der Waals surface area contributed by atoms with E-state index in [4.69, 9.17) is 0 Å². The molecule has 5 nitrogen and oxygen atoms in total. The second-order valence-electron chi connectivity index (χ2n) is 4.40. The van der Waals surface area contributed by atoms with Crippen LogP contribution in [0.25, 0.3) is 0 Å². The molecule has 1 rings (SSSR count). The number of amides is 1. The van der Waals surface area contributed by atoms with Crippen molar-refractivity contribution in [1.29, 1.82) is 0 Å². The van der Waals surface area contributed by atoms with Crippen molar-refractivity contribution in [2.75, 3.05) is 32.1 Å². The van der Waals surface area contributed by atoms with Gasteiger partial charge in [-0.2, -0.15) is 0 Å². The van der Waals surface area contributed by atoms with Crippen LogP contribution in [0.1, 0.15) is 15.9 Å². The SMILES string of the molecule is CNCCc1ccccc1C(=O)NCCS(C)(=O)=O. The molecule has 0 saturated carbocycles. The lowest BCUT2D eigenvalue weighted by atomic mass is 10.0. The summed E-state index contributed by atoms with van der Waals surface area (Å²) in [5, 5.41) is 5.67. The summed E-state index contributed by atoms with van der Waals surface area (Å²) in [7, 11) is -1.20. The lowest BCUT2D eigenvalue weighted by Crippen LogP contribution is -2.29. The lowest BCUT2D eigenvalue weighted by Gasteiger charge is -2.09. The summed E-state index contributed by atoms with van der Waals surface area (Å²) in [4.78, 5) is 12.0. The van der Waals surface area contributed by atoms with Crippen molar-refractivity contribution in [2.24, 2.45) is 0 Å². The maximum absolute atomic E-state index is 12.0. The predicted octanol–water partition coefficient (Wildman–Crippen LogP) is 0.223. The molecule has 0 aliphatic heterocycles. The van der Waals surface area contributed by atoms with Crippen molar-refractivity contribution in [2.45, 2.75) is 6.42 Å². The third-order valence-electron chi connectivity index (χ3n) is 2.66. The van der Waals surface area contributed by atoms with E-state index in [1.165, 1.54) is 0 Å². The fourth-order valence-corrected chi connectivity index (χ4v) is 2.14. The summed E-state index contributed by atoms with van der Waals surface area (Å²) in [6, 6.07) is 7.34. The van der Waals surface area contributed by atoms with E-state index in [1.54, 1.807) is 12.1 Å². The Kier molecular flexibility index (Phi) is 5.98. The summed E-state index contributed by atoms with van der Waals surface area (Å²) >= 11 is 0. The molecule has 0 unspecified atom stereocenters. The molecule has 0 heterocycles. The standard InChI is InChI=1S/C13H20N2O3S/c1-14-8-7-11-5-3-4-6-12(11)13(16)15-9-10-19(2,17)18/h3-6,14H,7-10H2,1-2H3,(H,15,16). The van der Waals surface area contributed by atoms with Crippen LogP contribution in [0.2, 0.25) is 0 Å². The maximum Gasteiger partial charge on any atom is 0.251 e. The van der Waals surface area contributed by atoms with Gasteiger partial charge in [0.25, 0.3) is 5.91 Å². The summed E-state index contributed by atoms with van der Waals surface area (Å²) in [6.45, 7) is 0.922. The molecule has 0 aliphatic rings. The second kappa shape index (κ2) is 7.25. The average molecular weight is 284 g/mol. The molecule has 0 radical (unpaired) electrons. The zero-order valence-electron chi connectivity index (χ0n) is 11.3. The molecule has 0 aliphatic carbocycles. The van der Waals surface area contributed by atoms with Crippen molar-refractivity contribution in [1.82, 2.24) is 10.6 Å². The van der Waals surface area contributed by atoms with Crippen LogP contribution in [0.4, 0.5) is 0 Å². The van der Waals surface area contributed by atoms with Gasteiger partial charge in [0.15, 0.2) is 0 Å². The highest BCUT2D eigenvalue weighted by molar-refractivity contribution is 7.90. The Hall–Kier alpha value is -1.40. The van der Waals surface area contributed by atoms with Crippen LogP contribution in [0.3, 0.4) is 0 Å². The van der Waals surface area contributed by atoms with Crippen LogP contribution >= 0.6 is 0 Å². The number of sulfone groups is 1. The van der Waals surface area contributed by atoms with E-state index in [0.717, 1.165) is 24.8 Å². The monoisotopic (exact) mass is 284 g/mol. The third-order valence-corrected chi connectivity index (χ3v) is 3.61. The number of nitrogens with one attached hydrogen (secondary N) is 2. The van der Waals surface area contributed by atoms with Gasteiger partial charge in [0.1, 0.15) is 9.84 Å². The third kappa shape index (κ3) is 5.85. The fourth-order valence-electron chi connectivity index (χ4n) is 1.66. The van der Waals surface area contributed by atoms with Crippen molar-refractivity contribution >= 4 is 15.7 Å². The van der Waals surface area contributed by atoms with Crippen LogP contribution in [-0.4, -0.2) is 46.5 Å². The van der Waals surface area contributed by atoms with Gasteiger partial charge < -0.3 is 10.6 Å². The molecule has 1 amide bonds. The largest absolute Gasteiger partial charge is 0.351 e. The summed E-state index contributed by atoms with van der Waals surface area (Å²) in [5.41, 5.74) is 1.56. The van der Waals surface area contributed by atoms with E-state index in [-0.39, 0.29) is 18.2 Å². The number of benzene rings is 1. The van der Waals surface area contributed by atoms with E-state index in [9.17, 15) is 13.2 Å². The van der Waals surface area contributed by atoms with Gasteiger partial charge in [-0.25, -0.2) is 8.42 Å². The molecule has 0 aromatic heterocycles. The Morgan fingerprint density at radius 2 is 1.89 bits per heavy atom. The minimum Gasteiger partial charge on any atom is -0.351 e. The molecule has 0 fully saturated rings. The normalized spacial score (nSPS) is 11.3. The Morgan fingerprint density at radius 1 is 1.21 bits per heavy atom. The first kappa shape index (κ1) is 15.7. The average Bonchev–Trinajstić information content (AvgIpc) is 2.35. The van der Waals surface area contributed by atoms with Crippen LogP contribution in [0.5, 0.6) is 0 Å². The molecular weight excluding hydrogens is 264 g/mol. The Morgan fingerprint density at radius 3 is 2.53 bits per heavy atom. The molecule has 0 atom stereocenters. The van der Waals surface area contributed by atoms with Gasteiger partial charge in [-0.3, -0.25) is 4.79 Å². The van der Waals surface area contributed by atoms with Crippen molar-refractivity contribution in [3.8, 4) is 0 Å². The van der Waals surface area contributed by atoms with E-state index in [1.807, 2.05) is 19.2 Å². The molecule has 19 heavy (non-hydrogen) atoms. The Balaban J connectivity index is 2.65. The van der Waals surface area contributed by atoms with Gasteiger partial charge >= 0.3 is 0 Å². The molecular formula is C13H20N2O3S. The lowest BCUT2D eigenvalue weighted by molar-refractivity contribution is 0.0955. The van der Waals surface area contributed by atoms with Crippen LogP contribution in [-0.2, 0) is 16.3 Å².